The van der Waals surface area contributed by atoms with Crippen molar-refractivity contribution in [3.8, 4) is 0 Å². The SMILES string of the molecule is C/C=C1\CN2[C@@H]3C[C@@H]1C(CO)(C(=O)OC)[C@H]2Cc1c3n(C)c2ccccc12. The molecule has 1 N–H and O–H groups in total. The molecule has 142 valence electrons. The molecule has 1 aromatic heterocycles. The summed E-state index contributed by atoms with van der Waals surface area (Å²) in [5, 5.41) is 11.8. The van der Waals surface area contributed by atoms with Gasteiger partial charge in [0.05, 0.1) is 19.8 Å². The van der Waals surface area contributed by atoms with E-state index in [2.05, 4.69) is 46.9 Å². The lowest BCUT2D eigenvalue weighted by molar-refractivity contribution is -0.183. The molecule has 3 saturated heterocycles. The number of fused-ring (bicyclic) bond motifs is 4. The predicted octanol–water partition coefficient (Wildman–Crippen LogP) is 2.58. The third kappa shape index (κ3) is 1.89. The molecule has 0 radical (unpaired) electrons. The van der Waals surface area contributed by atoms with Gasteiger partial charge in [-0.15, -0.1) is 0 Å². The summed E-state index contributed by atoms with van der Waals surface area (Å²) >= 11 is 0. The fraction of sp³-hybridized carbons (Fsp3) is 0.500. The van der Waals surface area contributed by atoms with E-state index in [0.29, 0.717) is 0 Å². The van der Waals surface area contributed by atoms with E-state index < -0.39 is 5.41 Å². The van der Waals surface area contributed by atoms with E-state index in [9.17, 15) is 9.90 Å². The topological polar surface area (TPSA) is 54.7 Å². The van der Waals surface area contributed by atoms with Gasteiger partial charge < -0.3 is 14.4 Å². The van der Waals surface area contributed by atoms with E-state index in [1.165, 1.54) is 34.8 Å². The molecule has 1 aromatic carbocycles. The van der Waals surface area contributed by atoms with Gasteiger partial charge in [-0.25, -0.2) is 0 Å². The smallest absolute Gasteiger partial charge is 0.316 e. The number of rotatable bonds is 2. The van der Waals surface area contributed by atoms with Crippen LogP contribution < -0.4 is 0 Å². The summed E-state index contributed by atoms with van der Waals surface area (Å²) in [6.45, 7) is 2.74. The number of hydrogen-bond acceptors (Lipinski definition) is 4. The molecule has 5 heterocycles. The molecule has 2 unspecified atom stereocenters. The van der Waals surface area contributed by atoms with Gasteiger partial charge in [0.15, 0.2) is 0 Å². The van der Waals surface area contributed by atoms with Crippen LogP contribution in [-0.4, -0.2) is 46.8 Å². The van der Waals surface area contributed by atoms with Crippen molar-refractivity contribution >= 4 is 16.9 Å². The van der Waals surface area contributed by atoms with E-state index in [1.54, 1.807) is 0 Å². The number of carbonyl (C=O) groups excluding carboxylic acids is 1. The van der Waals surface area contributed by atoms with Crippen LogP contribution in [0.25, 0.3) is 10.9 Å². The molecule has 0 aliphatic carbocycles. The van der Waals surface area contributed by atoms with Crippen molar-refractivity contribution in [3.63, 3.8) is 0 Å². The number of ether oxygens (including phenoxy) is 1. The monoisotopic (exact) mass is 366 g/mol. The quantitative estimate of drug-likeness (QED) is 0.656. The summed E-state index contributed by atoms with van der Waals surface area (Å²) < 4.78 is 7.58. The number of benzene rings is 1. The Balaban J connectivity index is 1.76. The average Bonchev–Trinajstić information content (AvgIpc) is 3.00. The molecule has 0 amide bonds. The van der Waals surface area contributed by atoms with Gasteiger partial charge >= 0.3 is 5.97 Å². The van der Waals surface area contributed by atoms with E-state index in [4.69, 9.17) is 4.74 Å². The van der Waals surface area contributed by atoms with Crippen LogP contribution in [0.2, 0.25) is 0 Å². The Labute approximate surface area is 159 Å². The normalized spacial score (nSPS) is 35.5. The largest absolute Gasteiger partial charge is 0.468 e. The number of aliphatic hydroxyl groups is 1. The Morgan fingerprint density at radius 1 is 1.41 bits per heavy atom. The number of methoxy groups -OCH3 is 1. The van der Waals surface area contributed by atoms with Crippen molar-refractivity contribution in [2.75, 3.05) is 20.3 Å². The zero-order valence-corrected chi connectivity index (χ0v) is 16.1. The molecule has 5 atom stereocenters. The first-order valence-electron chi connectivity index (χ1n) is 9.74. The van der Waals surface area contributed by atoms with E-state index >= 15 is 0 Å². The van der Waals surface area contributed by atoms with Gasteiger partial charge in [-0.2, -0.15) is 0 Å². The van der Waals surface area contributed by atoms with Crippen LogP contribution in [0.1, 0.15) is 30.6 Å². The highest BCUT2D eigenvalue weighted by Crippen LogP contribution is 2.60. The maximum Gasteiger partial charge on any atom is 0.316 e. The van der Waals surface area contributed by atoms with Crippen molar-refractivity contribution in [1.82, 2.24) is 9.47 Å². The fourth-order valence-electron chi connectivity index (χ4n) is 6.27. The second kappa shape index (κ2) is 5.69. The molecule has 0 spiro atoms. The van der Waals surface area contributed by atoms with Crippen molar-refractivity contribution in [2.45, 2.75) is 31.8 Å². The fourth-order valence-corrected chi connectivity index (χ4v) is 6.27. The van der Waals surface area contributed by atoms with Crippen LogP contribution in [0.15, 0.2) is 35.9 Å². The highest BCUT2D eigenvalue weighted by atomic mass is 16.5. The Morgan fingerprint density at radius 3 is 2.89 bits per heavy atom. The second-order valence-electron chi connectivity index (χ2n) is 8.19. The first kappa shape index (κ1) is 17.0. The number of aliphatic hydroxyl groups excluding tert-OH is 1. The molecule has 27 heavy (non-hydrogen) atoms. The summed E-state index contributed by atoms with van der Waals surface area (Å²) in [7, 11) is 3.59. The molecule has 5 heteroatoms. The van der Waals surface area contributed by atoms with Crippen molar-refractivity contribution in [3.05, 3.63) is 47.2 Å². The third-order valence-corrected chi connectivity index (χ3v) is 7.46. The maximum absolute atomic E-state index is 13.0. The molecule has 3 fully saturated rings. The summed E-state index contributed by atoms with van der Waals surface area (Å²) in [6.07, 6.45) is 3.75. The van der Waals surface area contributed by atoms with Crippen LogP contribution in [0.4, 0.5) is 0 Å². The van der Waals surface area contributed by atoms with Crippen molar-refractivity contribution in [2.24, 2.45) is 18.4 Å². The predicted molar refractivity (Wildman–Crippen MR) is 103 cm³/mol. The first-order chi connectivity index (χ1) is 13.1. The summed E-state index contributed by atoms with van der Waals surface area (Å²) in [5.41, 5.74) is 4.34. The number of allylic oxidation sites excluding steroid dienone is 1. The number of carbonyl (C=O) groups is 1. The molecular formula is C22H26N2O3. The molecule has 4 aliphatic heterocycles. The second-order valence-corrected chi connectivity index (χ2v) is 8.19. The zero-order valence-electron chi connectivity index (χ0n) is 16.1. The van der Waals surface area contributed by atoms with E-state index in [-0.39, 0.29) is 30.6 Å². The van der Waals surface area contributed by atoms with Gasteiger partial charge in [0.25, 0.3) is 0 Å². The molecular weight excluding hydrogens is 340 g/mol. The third-order valence-electron chi connectivity index (χ3n) is 7.46. The minimum atomic E-state index is -0.875. The van der Waals surface area contributed by atoms with Gasteiger partial charge in [-0.1, -0.05) is 29.8 Å². The molecule has 4 bridgehead atoms. The number of aromatic nitrogens is 1. The van der Waals surface area contributed by atoms with Crippen LogP contribution in [0.5, 0.6) is 0 Å². The van der Waals surface area contributed by atoms with Crippen LogP contribution >= 0.6 is 0 Å². The minimum absolute atomic E-state index is 0.0271. The van der Waals surface area contributed by atoms with E-state index in [1.807, 2.05) is 6.92 Å². The molecule has 6 rings (SSSR count). The van der Waals surface area contributed by atoms with Gasteiger partial charge in [-0.05, 0) is 31.4 Å². The molecule has 4 aliphatic rings. The Hall–Kier alpha value is -2.11. The number of hydrogen-bond donors (Lipinski definition) is 1. The average molecular weight is 366 g/mol. The molecule has 5 nitrogen and oxygen atoms in total. The number of para-hydroxylation sites is 1. The molecule has 2 aromatic rings. The van der Waals surface area contributed by atoms with Crippen LogP contribution in [0, 0.1) is 11.3 Å². The van der Waals surface area contributed by atoms with Gasteiger partial charge in [-0.3, -0.25) is 9.69 Å². The van der Waals surface area contributed by atoms with Gasteiger partial charge in [0, 0.05) is 42.1 Å². The lowest BCUT2D eigenvalue weighted by atomic mass is 9.55. The summed E-state index contributed by atoms with van der Waals surface area (Å²) in [6, 6.07) is 8.77. The number of esters is 1. The van der Waals surface area contributed by atoms with Crippen LogP contribution in [-0.2, 0) is 23.0 Å². The standard InChI is InChI=1S/C22H26N2O3/c1-4-13-11-24-18-10-16(13)22(12-25,21(26)27-3)19(24)9-15-14-7-5-6-8-17(14)23(2)20(15)18/h4-8,16,18-19,25H,9-12H2,1-3H3/b13-4+/t16-,18+,19+,22?/m0/s1. The Bertz CT molecular complexity index is 975. The minimum Gasteiger partial charge on any atom is -0.468 e. The van der Waals surface area contributed by atoms with Crippen molar-refractivity contribution < 1.29 is 14.6 Å². The summed E-state index contributed by atoms with van der Waals surface area (Å²) in [5.74, 6) is -0.239. The Kier molecular flexibility index (Phi) is 3.59. The van der Waals surface area contributed by atoms with Crippen LogP contribution in [0.3, 0.4) is 0 Å². The lowest BCUT2D eigenvalue weighted by Gasteiger charge is -2.62. The highest BCUT2D eigenvalue weighted by molar-refractivity contribution is 5.87. The van der Waals surface area contributed by atoms with Gasteiger partial charge in [0.2, 0.25) is 0 Å². The Morgan fingerprint density at radius 2 is 2.19 bits per heavy atom. The zero-order chi connectivity index (χ0) is 18.9. The first-order valence-corrected chi connectivity index (χ1v) is 9.74. The lowest BCUT2D eigenvalue weighted by Crippen LogP contribution is -2.69. The van der Waals surface area contributed by atoms with Crippen molar-refractivity contribution in [1.29, 1.82) is 0 Å². The highest BCUT2D eigenvalue weighted by Gasteiger charge is 2.65. The summed E-state index contributed by atoms with van der Waals surface area (Å²) in [4.78, 5) is 15.5. The number of aryl methyl sites for hydroxylation is 1. The molecule has 0 saturated carbocycles. The maximum atomic E-state index is 13.0. The van der Waals surface area contributed by atoms with E-state index in [0.717, 1.165) is 19.4 Å². The number of nitrogens with zero attached hydrogens (tertiary/aromatic N) is 2. The number of piperidine rings is 3. The van der Waals surface area contributed by atoms with Gasteiger partial charge in [0.1, 0.15) is 5.41 Å².